The summed E-state index contributed by atoms with van der Waals surface area (Å²) in [6.07, 6.45) is 0.0108. The van der Waals surface area contributed by atoms with E-state index < -0.39 is 0 Å². The van der Waals surface area contributed by atoms with E-state index >= 15 is 0 Å². The van der Waals surface area contributed by atoms with Crippen molar-refractivity contribution in [2.45, 2.75) is 19.8 Å². The molecule has 44 valence electrons. The van der Waals surface area contributed by atoms with Crippen LogP contribution in [0.1, 0.15) is 6.92 Å². The van der Waals surface area contributed by atoms with Gasteiger partial charge in [-0.15, -0.1) is 0 Å². The molecule has 0 aliphatic carbocycles. The maximum absolute atomic E-state index is 5.11. The Morgan fingerprint density at radius 2 is 2.14 bits per heavy atom. The van der Waals surface area contributed by atoms with Crippen LogP contribution in [0.4, 0.5) is 0 Å². The lowest BCUT2D eigenvalue weighted by atomic mass is 10.8. The predicted molar refractivity (Wildman–Crippen MR) is 32.0 cm³/mol. The minimum Gasteiger partial charge on any atom is -0.400 e. The van der Waals surface area contributed by atoms with Crippen molar-refractivity contribution in [1.29, 1.82) is 0 Å². The van der Waals surface area contributed by atoms with Gasteiger partial charge in [-0.1, -0.05) is 6.55 Å². The average molecular weight is 120 g/mol. The number of hydrogen-bond donors (Lipinski definition) is 0. The molecular formula is C4H12O2Si. The number of ether oxygens (including phenoxy) is 1. The highest BCUT2D eigenvalue weighted by molar-refractivity contribution is 6.24. The molecule has 3 heteroatoms. The van der Waals surface area contributed by atoms with Crippen LogP contribution in [0.15, 0.2) is 0 Å². The van der Waals surface area contributed by atoms with Gasteiger partial charge in [0.05, 0.1) is 0 Å². The summed E-state index contributed by atoms with van der Waals surface area (Å²) in [4.78, 5) is 0. The fraction of sp³-hybridized carbons (Fsp3) is 1.00. The second-order valence-corrected chi connectivity index (χ2v) is 2.17. The zero-order valence-corrected chi connectivity index (χ0v) is 6.52. The van der Waals surface area contributed by atoms with Gasteiger partial charge in [0.2, 0.25) is 0 Å². The Labute approximate surface area is 46.8 Å². The third kappa shape index (κ3) is 3.98. The molecular weight excluding hydrogens is 108 g/mol. The molecule has 0 spiro atoms. The van der Waals surface area contributed by atoms with Gasteiger partial charge in [-0.3, -0.25) is 0 Å². The second-order valence-electron chi connectivity index (χ2n) is 1.26. The van der Waals surface area contributed by atoms with Crippen molar-refractivity contribution in [2.75, 3.05) is 7.11 Å². The Bertz CT molecular complexity index is 40.7. The fourth-order valence-corrected chi connectivity index (χ4v) is 0.908. The molecule has 0 bridgehead atoms. The Morgan fingerprint density at radius 1 is 1.57 bits per heavy atom. The summed E-state index contributed by atoms with van der Waals surface area (Å²) >= 11 is 0. The van der Waals surface area contributed by atoms with Gasteiger partial charge in [-0.05, 0) is 6.92 Å². The molecule has 0 aromatic carbocycles. The molecule has 0 radical (unpaired) electrons. The van der Waals surface area contributed by atoms with Gasteiger partial charge in [0.1, 0.15) is 6.29 Å². The third-order valence-corrected chi connectivity index (χ3v) is 1.54. The maximum Gasteiger partial charge on any atom is 0.161 e. The van der Waals surface area contributed by atoms with E-state index in [2.05, 4.69) is 6.55 Å². The van der Waals surface area contributed by atoms with Crippen LogP contribution in [0.3, 0.4) is 0 Å². The Hall–Kier alpha value is 0.137. The van der Waals surface area contributed by atoms with E-state index in [-0.39, 0.29) is 16.1 Å². The summed E-state index contributed by atoms with van der Waals surface area (Å²) in [5.74, 6) is 0. The summed E-state index contributed by atoms with van der Waals surface area (Å²) in [6, 6.07) is 0. The van der Waals surface area contributed by atoms with E-state index in [1.54, 1.807) is 7.11 Å². The standard InChI is InChI=1S/C4H12O2Si/c1-4(5-2)6-7-3/h4H,7H2,1-3H3. The van der Waals surface area contributed by atoms with Gasteiger partial charge < -0.3 is 9.16 Å². The molecule has 0 saturated carbocycles. The lowest BCUT2D eigenvalue weighted by molar-refractivity contribution is -0.0364. The quantitative estimate of drug-likeness (QED) is 0.389. The molecule has 0 saturated heterocycles. The number of hydrogen-bond acceptors (Lipinski definition) is 2. The largest absolute Gasteiger partial charge is 0.400 e. The molecule has 0 heterocycles. The summed E-state index contributed by atoms with van der Waals surface area (Å²) in [5.41, 5.74) is 0. The Balaban J connectivity index is 2.83. The Morgan fingerprint density at radius 3 is 2.29 bits per heavy atom. The summed E-state index contributed by atoms with van der Waals surface area (Å²) in [5, 5.41) is 0. The summed E-state index contributed by atoms with van der Waals surface area (Å²) in [6.45, 7) is 3.98. The lowest BCUT2D eigenvalue weighted by Crippen LogP contribution is -2.10. The van der Waals surface area contributed by atoms with Crippen LogP contribution in [-0.4, -0.2) is 23.2 Å². The fourth-order valence-electron chi connectivity index (χ4n) is 0.303. The van der Waals surface area contributed by atoms with Gasteiger partial charge in [0.15, 0.2) is 9.76 Å². The van der Waals surface area contributed by atoms with Crippen LogP contribution < -0.4 is 0 Å². The van der Waals surface area contributed by atoms with E-state index in [1.165, 1.54) is 0 Å². The van der Waals surface area contributed by atoms with Crippen molar-refractivity contribution in [3.63, 3.8) is 0 Å². The number of methoxy groups -OCH3 is 1. The zero-order chi connectivity index (χ0) is 5.70. The van der Waals surface area contributed by atoms with Crippen molar-refractivity contribution >= 4 is 9.76 Å². The first kappa shape index (κ1) is 7.14. The molecule has 0 amide bonds. The SMILES string of the molecule is COC(C)O[SiH2]C. The predicted octanol–water partition coefficient (Wildman–Crippen LogP) is 0.127. The van der Waals surface area contributed by atoms with Gasteiger partial charge >= 0.3 is 0 Å². The lowest BCUT2D eigenvalue weighted by Gasteiger charge is -2.07. The molecule has 1 atom stereocenters. The van der Waals surface area contributed by atoms with Crippen molar-refractivity contribution in [1.82, 2.24) is 0 Å². The Kier molecular flexibility index (Phi) is 4.38. The molecule has 0 aromatic heterocycles. The van der Waals surface area contributed by atoms with E-state index in [0.717, 1.165) is 0 Å². The normalized spacial score (nSPS) is 15.9. The van der Waals surface area contributed by atoms with Crippen LogP contribution >= 0.6 is 0 Å². The second kappa shape index (κ2) is 4.30. The topological polar surface area (TPSA) is 18.5 Å². The first-order valence-electron chi connectivity index (χ1n) is 2.45. The monoisotopic (exact) mass is 120 g/mol. The smallest absolute Gasteiger partial charge is 0.161 e. The van der Waals surface area contributed by atoms with Crippen LogP contribution in [-0.2, 0) is 9.16 Å². The van der Waals surface area contributed by atoms with Gasteiger partial charge in [0.25, 0.3) is 0 Å². The highest BCUT2D eigenvalue weighted by Gasteiger charge is 1.91. The highest BCUT2D eigenvalue weighted by atomic mass is 28.2. The molecule has 7 heavy (non-hydrogen) atoms. The van der Waals surface area contributed by atoms with Crippen LogP contribution in [0.25, 0.3) is 0 Å². The first-order valence-corrected chi connectivity index (χ1v) is 4.44. The van der Waals surface area contributed by atoms with E-state index in [9.17, 15) is 0 Å². The minimum atomic E-state index is -0.269. The molecule has 0 N–H and O–H groups in total. The van der Waals surface area contributed by atoms with Crippen LogP contribution in [0.5, 0.6) is 0 Å². The van der Waals surface area contributed by atoms with Gasteiger partial charge in [0, 0.05) is 7.11 Å². The van der Waals surface area contributed by atoms with Crippen molar-refractivity contribution in [3.8, 4) is 0 Å². The van der Waals surface area contributed by atoms with Crippen molar-refractivity contribution < 1.29 is 9.16 Å². The van der Waals surface area contributed by atoms with E-state index in [4.69, 9.17) is 9.16 Å². The minimum absolute atomic E-state index is 0.0108. The van der Waals surface area contributed by atoms with Gasteiger partial charge in [-0.2, -0.15) is 0 Å². The van der Waals surface area contributed by atoms with Crippen molar-refractivity contribution in [2.24, 2.45) is 0 Å². The van der Waals surface area contributed by atoms with Crippen LogP contribution in [0.2, 0.25) is 6.55 Å². The summed E-state index contributed by atoms with van der Waals surface area (Å²) < 4.78 is 9.91. The van der Waals surface area contributed by atoms with Crippen molar-refractivity contribution in [3.05, 3.63) is 0 Å². The molecule has 0 rings (SSSR count). The maximum atomic E-state index is 5.11. The first-order chi connectivity index (χ1) is 3.31. The average Bonchev–Trinajstić information content (AvgIpc) is 1.68. The van der Waals surface area contributed by atoms with E-state index in [1.807, 2.05) is 6.92 Å². The molecule has 0 aromatic rings. The highest BCUT2D eigenvalue weighted by Crippen LogP contribution is 1.85. The van der Waals surface area contributed by atoms with Crippen LogP contribution in [0, 0.1) is 0 Å². The number of rotatable bonds is 3. The zero-order valence-electron chi connectivity index (χ0n) is 5.10. The summed E-state index contributed by atoms with van der Waals surface area (Å²) in [7, 11) is 1.38. The van der Waals surface area contributed by atoms with E-state index in [0.29, 0.717) is 0 Å². The third-order valence-electron chi connectivity index (χ3n) is 0.733. The molecule has 1 unspecified atom stereocenters. The van der Waals surface area contributed by atoms with Gasteiger partial charge in [-0.25, -0.2) is 0 Å². The molecule has 0 aliphatic rings. The molecule has 2 nitrogen and oxygen atoms in total. The molecule has 0 aliphatic heterocycles. The molecule has 0 fully saturated rings.